The van der Waals surface area contributed by atoms with Crippen LogP contribution in [0.15, 0.2) is 12.1 Å². The number of nitrogens with zero attached hydrogens (tertiary/aromatic N) is 1. The van der Waals surface area contributed by atoms with Crippen molar-refractivity contribution in [3.8, 4) is 5.88 Å². The maximum absolute atomic E-state index is 9.02. The predicted octanol–water partition coefficient (Wildman–Crippen LogP) is 1.69. The van der Waals surface area contributed by atoms with Crippen molar-refractivity contribution >= 4 is 0 Å². The molecule has 0 bridgehead atoms. The van der Waals surface area contributed by atoms with Crippen molar-refractivity contribution in [1.29, 1.82) is 0 Å². The molecule has 1 rings (SSSR count). The van der Waals surface area contributed by atoms with Gasteiger partial charge in [-0.2, -0.15) is 0 Å². The fourth-order valence-corrected chi connectivity index (χ4v) is 1.30. The molecule has 0 atom stereocenters. The van der Waals surface area contributed by atoms with Crippen LogP contribution in [0, 0.1) is 6.92 Å². The Morgan fingerprint density at radius 2 is 2.06 bits per heavy atom. The first-order valence-corrected chi connectivity index (χ1v) is 5.44. The molecule has 4 heteroatoms. The van der Waals surface area contributed by atoms with E-state index in [2.05, 4.69) is 4.98 Å². The van der Waals surface area contributed by atoms with E-state index in [0.29, 0.717) is 19.1 Å². The minimum Gasteiger partial charge on any atom is -0.475 e. The summed E-state index contributed by atoms with van der Waals surface area (Å²) in [7, 11) is 0. The van der Waals surface area contributed by atoms with Crippen LogP contribution in [0.2, 0.25) is 0 Å². The zero-order valence-corrected chi connectivity index (χ0v) is 10.1. The summed E-state index contributed by atoms with van der Waals surface area (Å²) in [5, 5.41) is 9.02. The molecule has 90 valence electrons. The van der Waals surface area contributed by atoms with Gasteiger partial charge in [-0.25, -0.2) is 4.98 Å². The molecule has 0 aromatic carbocycles. The summed E-state index contributed by atoms with van der Waals surface area (Å²) in [6.45, 7) is 6.85. The zero-order valence-electron chi connectivity index (χ0n) is 10.1. The van der Waals surface area contributed by atoms with Crippen molar-refractivity contribution in [1.82, 2.24) is 4.98 Å². The Morgan fingerprint density at radius 3 is 2.69 bits per heavy atom. The Kier molecular flexibility index (Phi) is 5.22. The minimum atomic E-state index is 0.00220. The van der Waals surface area contributed by atoms with Crippen LogP contribution in [0.1, 0.15) is 25.1 Å². The molecule has 0 aliphatic heterocycles. The predicted molar refractivity (Wildman–Crippen MR) is 61.5 cm³/mol. The molecule has 0 unspecified atom stereocenters. The molecule has 0 saturated carbocycles. The monoisotopic (exact) mass is 225 g/mol. The van der Waals surface area contributed by atoms with Crippen LogP contribution in [0.5, 0.6) is 5.88 Å². The van der Waals surface area contributed by atoms with Crippen molar-refractivity contribution in [3.63, 3.8) is 0 Å². The van der Waals surface area contributed by atoms with E-state index in [1.165, 1.54) is 0 Å². The molecule has 0 radical (unpaired) electrons. The molecule has 1 aromatic rings. The van der Waals surface area contributed by atoms with Gasteiger partial charge in [-0.3, -0.25) is 0 Å². The van der Waals surface area contributed by atoms with Crippen molar-refractivity contribution < 1.29 is 14.6 Å². The molecule has 0 amide bonds. The lowest BCUT2D eigenvalue weighted by Gasteiger charge is -2.09. The van der Waals surface area contributed by atoms with Gasteiger partial charge in [0, 0.05) is 11.8 Å². The molecule has 0 fully saturated rings. The number of aliphatic hydroxyl groups is 1. The fourth-order valence-electron chi connectivity index (χ4n) is 1.30. The van der Waals surface area contributed by atoms with Gasteiger partial charge in [-0.15, -0.1) is 0 Å². The molecular formula is C12H19NO3. The lowest BCUT2D eigenvalue weighted by atomic mass is 10.2. The fraction of sp³-hybridized carbons (Fsp3) is 0.583. The van der Waals surface area contributed by atoms with Crippen molar-refractivity contribution in [3.05, 3.63) is 23.4 Å². The summed E-state index contributed by atoms with van der Waals surface area (Å²) in [5.41, 5.74) is 1.65. The van der Waals surface area contributed by atoms with Crippen molar-refractivity contribution in [2.45, 2.75) is 33.5 Å². The molecule has 0 aliphatic carbocycles. The third-order valence-electron chi connectivity index (χ3n) is 1.96. The van der Waals surface area contributed by atoms with E-state index in [1.54, 1.807) is 6.07 Å². The Balaban J connectivity index is 2.44. The van der Waals surface area contributed by atoms with Gasteiger partial charge < -0.3 is 14.6 Å². The number of hydrogen-bond acceptors (Lipinski definition) is 4. The van der Waals surface area contributed by atoms with E-state index in [0.717, 1.165) is 11.3 Å². The average molecular weight is 225 g/mol. The molecule has 0 saturated heterocycles. The molecule has 0 spiro atoms. The summed E-state index contributed by atoms with van der Waals surface area (Å²) in [5.74, 6) is 0.538. The number of aliphatic hydroxyl groups excluding tert-OH is 1. The normalized spacial score (nSPS) is 10.8. The van der Waals surface area contributed by atoms with Gasteiger partial charge in [0.15, 0.2) is 0 Å². The Morgan fingerprint density at radius 1 is 1.31 bits per heavy atom. The van der Waals surface area contributed by atoms with Crippen LogP contribution in [0.25, 0.3) is 0 Å². The number of rotatable bonds is 6. The van der Waals surface area contributed by atoms with Gasteiger partial charge in [-0.05, 0) is 32.4 Å². The highest BCUT2D eigenvalue weighted by Crippen LogP contribution is 2.12. The van der Waals surface area contributed by atoms with Crippen molar-refractivity contribution in [2.24, 2.45) is 0 Å². The van der Waals surface area contributed by atoms with Gasteiger partial charge >= 0.3 is 0 Å². The van der Waals surface area contributed by atoms with Crippen molar-refractivity contribution in [2.75, 3.05) is 13.2 Å². The average Bonchev–Trinajstić information content (AvgIpc) is 2.23. The number of hydrogen-bond donors (Lipinski definition) is 1. The smallest absolute Gasteiger partial charge is 0.213 e. The number of ether oxygens (including phenoxy) is 2. The van der Waals surface area contributed by atoms with Crippen LogP contribution in [-0.4, -0.2) is 29.4 Å². The first-order valence-electron chi connectivity index (χ1n) is 5.44. The summed E-state index contributed by atoms with van der Waals surface area (Å²) < 4.78 is 10.8. The van der Waals surface area contributed by atoms with E-state index in [1.807, 2.05) is 26.8 Å². The van der Waals surface area contributed by atoms with E-state index in [-0.39, 0.29) is 12.7 Å². The van der Waals surface area contributed by atoms with Gasteiger partial charge in [0.25, 0.3) is 0 Å². The maximum Gasteiger partial charge on any atom is 0.213 e. The zero-order chi connectivity index (χ0) is 12.0. The molecule has 1 N–H and O–H groups in total. The molecule has 1 heterocycles. The second-order valence-electron chi connectivity index (χ2n) is 3.88. The standard InChI is InChI=1S/C12H19NO3/c1-9(2)15-4-5-16-12-7-11(8-14)6-10(3)13-12/h6-7,9,14H,4-5,8H2,1-3H3. The first-order chi connectivity index (χ1) is 7.61. The summed E-state index contributed by atoms with van der Waals surface area (Å²) in [4.78, 5) is 4.21. The SMILES string of the molecule is Cc1cc(CO)cc(OCCOC(C)C)n1. The highest BCUT2D eigenvalue weighted by molar-refractivity contribution is 5.23. The van der Waals surface area contributed by atoms with Crippen LogP contribution in [0.3, 0.4) is 0 Å². The topological polar surface area (TPSA) is 51.6 Å². The van der Waals surface area contributed by atoms with E-state index < -0.39 is 0 Å². The van der Waals surface area contributed by atoms with Gasteiger partial charge in [-0.1, -0.05) is 0 Å². The van der Waals surface area contributed by atoms with Crippen LogP contribution in [-0.2, 0) is 11.3 Å². The number of aryl methyl sites for hydroxylation is 1. The molecule has 0 aliphatic rings. The number of pyridine rings is 1. The lowest BCUT2D eigenvalue weighted by Crippen LogP contribution is -2.12. The lowest BCUT2D eigenvalue weighted by molar-refractivity contribution is 0.0542. The molecule has 16 heavy (non-hydrogen) atoms. The highest BCUT2D eigenvalue weighted by atomic mass is 16.5. The third-order valence-corrected chi connectivity index (χ3v) is 1.96. The van der Waals surface area contributed by atoms with E-state index >= 15 is 0 Å². The second-order valence-corrected chi connectivity index (χ2v) is 3.88. The van der Waals surface area contributed by atoms with Crippen LogP contribution >= 0.6 is 0 Å². The Bertz CT molecular complexity index is 326. The second kappa shape index (κ2) is 6.45. The maximum atomic E-state index is 9.02. The summed E-state index contributed by atoms with van der Waals surface area (Å²) >= 11 is 0. The highest BCUT2D eigenvalue weighted by Gasteiger charge is 2.01. The third kappa shape index (κ3) is 4.59. The Hall–Kier alpha value is -1.13. The van der Waals surface area contributed by atoms with Crippen LogP contribution in [0.4, 0.5) is 0 Å². The van der Waals surface area contributed by atoms with Crippen LogP contribution < -0.4 is 4.74 Å². The Labute approximate surface area is 96.2 Å². The van der Waals surface area contributed by atoms with Gasteiger partial charge in [0.05, 0.1) is 19.3 Å². The largest absolute Gasteiger partial charge is 0.475 e. The minimum absolute atomic E-state index is 0.00220. The summed E-state index contributed by atoms with van der Waals surface area (Å²) in [6, 6.07) is 3.57. The molecule has 1 aromatic heterocycles. The first kappa shape index (κ1) is 12.9. The quantitative estimate of drug-likeness (QED) is 0.748. The number of aromatic nitrogens is 1. The van der Waals surface area contributed by atoms with E-state index in [4.69, 9.17) is 14.6 Å². The van der Waals surface area contributed by atoms with Gasteiger partial charge in [0.2, 0.25) is 5.88 Å². The molecule has 4 nitrogen and oxygen atoms in total. The van der Waals surface area contributed by atoms with E-state index in [9.17, 15) is 0 Å². The molecular weight excluding hydrogens is 206 g/mol. The summed E-state index contributed by atoms with van der Waals surface area (Å²) in [6.07, 6.45) is 0.210. The van der Waals surface area contributed by atoms with Gasteiger partial charge in [0.1, 0.15) is 6.61 Å².